The van der Waals surface area contributed by atoms with Crippen molar-refractivity contribution < 1.29 is 4.79 Å². The molecule has 2 aromatic rings. The molecule has 0 aliphatic rings. The van der Waals surface area contributed by atoms with E-state index < -0.39 is 0 Å². The normalized spacial score (nSPS) is 10.3. The van der Waals surface area contributed by atoms with E-state index in [0.717, 1.165) is 30.1 Å². The van der Waals surface area contributed by atoms with Gasteiger partial charge in [-0.25, -0.2) is 0 Å². The zero-order valence-electron chi connectivity index (χ0n) is 11.5. The van der Waals surface area contributed by atoms with Crippen LogP contribution >= 0.6 is 11.3 Å². The fourth-order valence-electron chi connectivity index (χ4n) is 1.60. The molecular formula is C13H17N5OS. The molecule has 0 saturated heterocycles. The number of aryl methyl sites for hydroxylation is 1. The van der Waals surface area contributed by atoms with Crippen LogP contribution in [0.3, 0.4) is 0 Å². The highest BCUT2D eigenvalue weighted by Gasteiger charge is 2.13. The van der Waals surface area contributed by atoms with Gasteiger partial charge in [0.25, 0.3) is 5.91 Å². The van der Waals surface area contributed by atoms with Crippen molar-refractivity contribution in [1.29, 1.82) is 0 Å². The zero-order chi connectivity index (χ0) is 14.4. The van der Waals surface area contributed by atoms with Crippen LogP contribution in [0.5, 0.6) is 0 Å². The van der Waals surface area contributed by atoms with Crippen LogP contribution in [-0.2, 0) is 6.42 Å². The first-order chi connectivity index (χ1) is 9.74. The lowest BCUT2D eigenvalue weighted by molar-refractivity contribution is 0.102. The maximum absolute atomic E-state index is 12.3. The molecule has 106 valence electrons. The van der Waals surface area contributed by atoms with Gasteiger partial charge < -0.3 is 5.32 Å². The molecule has 0 fully saturated rings. The fraction of sp³-hybridized carbons (Fsp3) is 0.385. The van der Waals surface area contributed by atoms with Gasteiger partial charge in [-0.1, -0.05) is 25.2 Å². The van der Waals surface area contributed by atoms with Gasteiger partial charge in [-0.05, 0) is 18.9 Å². The summed E-state index contributed by atoms with van der Waals surface area (Å²) in [5.74, 6) is -0.204. The summed E-state index contributed by atoms with van der Waals surface area (Å²) < 4.78 is 0. The summed E-state index contributed by atoms with van der Waals surface area (Å²) >= 11 is 1.39. The van der Waals surface area contributed by atoms with Gasteiger partial charge in [0, 0.05) is 12.7 Å². The Morgan fingerprint density at radius 1 is 1.35 bits per heavy atom. The first kappa shape index (κ1) is 14.4. The second kappa shape index (κ2) is 6.95. The minimum atomic E-state index is -0.204. The van der Waals surface area contributed by atoms with E-state index in [4.69, 9.17) is 0 Å². The number of hydrogen-bond donors (Lipinski definition) is 2. The number of nitrogens with one attached hydrogen (secondary N) is 2. The predicted octanol–water partition coefficient (Wildman–Crippen LogP) is 2.57. The Kier molecular flexibility index (Phi) is 5.00. The average Bonchev–Trinajstić information content (AvgIpc) is 2.93. The number of rotatable bonds is 6. The largest absolute Gasteiger partial charge is 0.383 e. The van der Waals surface area contributed by atoms with E-state index in [1.54, 1.807) is 18.5 Å². The molecule has 0 radical (unpaired) electrons. The molecular weight excluding hydrogens is 274 g/mol. The number of carbonyl (C=O) groups excluding carboxylic acids is 1. The Labute approximate surface area is 121 Å². The lowest BCUT2D eigenvalue weighted by atomic mass is 10.2. The van der Waals surface area contributed by atoms with Crippen molar-refractivity contribution in [2.24, 2.45) is 0 Å². The second-order valence-corrected chi connectivity index (χ2v) is 5.22. The Morgan fingerprint density at radius 3 is 2.90 bits per heavy atom. The summed E-state index contributed by atoms with van der Waals surface area (Å²) in [6.07, 6.45) is 5.05. The molecule has 0 aliphatic heterocycles. The predicted molar refractivity (Wildman–Crippen MR) is 80.3 cm³/mol. The smallest absolute Gasteiger partial charge is 0.259 e. The maximum atomic E-state index is 12.3. The van der Waals surface area contributed by atoms with E-state index in [1.807, 2.05) is 6.92 Å². The third-order valence-electron chi connectivity index (χ3n) is 2.62. The van der Waals surface area contributed by atoms with E-state index in [-0.39, 0.29) is 5.91 Å². The number of pyridine rings is 1. The zero-order valence-corrected chi connectivity index (χ0v) is 12.3. The average molecular weight is 291 g/mol. The van der Waals surface area contributed by atoms with E-state index >= 15 is 0 Å². The number of amides is 1. The first-order valence-electron chi connectivity index (χ1n) is 6.56. The van der Waals surface area contributed by atoms with Gasteiger partial charge in [0.05, 0.1) is 17.4 Å². The lowest BCUT2D eigenvalue weighted by Gasteiger charge is -2.09. The van der Waals surface area contributed by atoms with Gasteiger partial charge in [0.15, 0.2) is 0 Å². The molecule has 0 bridgehead atoms. The quantitative estimate of drug-likeness (QED) is 0.855. The van der Waals surface area contributed by atoms with Gasteiger partial charge in [0.1, 0.15) is 5.01 Å². The molecule has 7 heteroatoms. The topological polar surface area (TPSA) is 79.8 Å². The number of anilines is 2. The summed E-state index contributed by atoms with van der Waals surface area (Å²) in [7, 11) is 0. The monoisotopic (exact) mass is 291 g/mol. The molecule has 0 unspecified atom stereocenters. The van der Waals surface area contributed by atoms with Crippen molar-refractivity contribution in [2.75, 3.05) is 17.2 Å². The third-order valence-corrected chi connectivity index (χ3v) is 3.60. The van der Waals surface area contributed by atoms with Crippen molar-refractivity contribution in [3.05, 3.63) is 29.0 Å². The highest BCUT2D eigenvalue weighted by molar-refractivity contribution is 7.15. The van der Waals surface area contributed by atoms with E-state index in [0.29, 0.717) is 10.7 Å². The molecule has 0 aliphatic carbocycles. The third kappa shape index (κ3) is 3.51. The van der Waals surface area contributed by atoms with Crippen LogP contribution in [0.2, 0.25) is 0 Å². The molecule has 0 aromatic carbocycles. The highest BCUT2D eigenvalue weighted by Crippen LogP contribution is 2.19. The molecule has 2 aromatic heterocycles. The molecule has 2 rings (SSSR count). The van der Waals surface area contributed by atoms with Crippen molar-refractivity contribution in [1.82, 2.24) is 15.2 Å². The molecule has 0 spiro atoms. The number of aromatic nitrogens is 3. The second-order valence-electron chi connectivity index (χ2n) is 4.16. The van der Waals surface area contributed by atoms with Gasteiger partial charge in [-0.2, -0.15) is 0 Å². The van der Waals surface area contributed by atoms with Crippen LogP contribution in [0, 0.1) is 0 Å². The molecule has 0 atom stereocenters. The summed E-state index contributed by atoms with van der Waals surface area (Å²) in [6, 6.07) is 1.69. The number of carbonyl (C=O) groups is 1. The molecule has 2 heterocycles. The van der Waals surface area contributed by atoms with Crippen LogP contribution < -0.4 is 10.6 Å². The lowest BCUT2D eigenvalue weighted by Crippen LogP contribution is -2.15. The Bertz CT molecular complexity index is 584. The molecule has 6 nitrogen and oxygen atoms in total. The number of hydrogen-bond acceptors (Lipinski definition) is 6. The first-order valence-corrected chi connectivity index (χ1v) is 7.37. The fourth-order valence-corrected chi connectivity index (χ4v) is 2.28. The van der Waals surface area contributed by atoms with Crippen molar-refractivity contribution in [3.8, 4) is 0 Å². The summed E-state index contributed by atoms with van der Waals surface area (Å²) in [5.41, 5.74) is 1.29. The summed E-state index contributed by atoms with van der Waals surface area (Å²) in [6.45, 7) is 4.86. The highest BCUT2D eigenvalue weighted by atomic mass is 32.1. The van der Waals surface area contributed by atoms with Gasteiger partial charge >= 0.3 is 0 Å². The van der Waals surface area contributed by atoms with Crippen LogP contribution in [0.25, 0.3) is 0 Å². The Morgan fingerprint density at radius 2 is 2.20 bits per heavy atom. The standard InChI is InChI=1S/C13H17N5OS/c1-3-6-15-10-8-14-7-5-9(10)12(19)16-13-18-17-11(4-2)20-13/h5,7-8,15H,3-4,6H2,1-2H3,(H,16,18,19). The molecule has 20 heavy (non-hydrogen) atoms. The maximum Gasteiger partial charge on any atom is 0.259 e. The van der Waals surface area contributed by atoms with Gasteiger partial charge in [-0.15, -0.1) is 10.2 Å². The SMILES string of the molecule is CCCNc1cnccc1C(=O)Nc1nnc(CC)s1. The van der Waals surface area contributed by atoms with Crippen LogP contribution in [0.4, 0.5) is 10.8 Å². The van der Waals surface area contributed by atoms with Crippen molar-refractivity contribution in [2.45, 2.75) is 26.7 Å². The van der Waals surface area contributed by atoms with E-state index in [9.17, 15) is 4.79 Å². The summed E-state index contributed by atoms with van der Waals surface area (Å²) in [4.78, 5) is 16.3. The molecule has 2 N–H and O–H groups in total. The number of nitrogens with zero attached hydrogens (tertiary/aromatic N) is 3. The van der Waals surface area contributed by atoms with Gasteiger partial charge in [-0.3, -0.25) is 15.1 Å². The van der Waals surface area contributed by atoms with E-state index in [1.165, 1.54) is 11.3 Å². The molecule has 1 amide bonds. The van der Waals surface area contributed by atoms with Crippen LogP contribution in [-0.4, -0.2) is 27.6 Å². The Balaban J connectivity index is 2.12. The van der Waals surface area contributed by atoms with Gasteiger partial charge in [0.2, 0.25) is 5.13 Å². The van der Waals surface area contributed by atoms with Crippen LogP contribution in [0.15, 0.2) is 18.5 Å². The minimum Gasteiger partial charge on any atom is -0.383 e. The molecule has 0 saturated carbocycles. The Hall–Kier alpha value is -2.02. The summed E-state index contributed by atoms with van der Waals surface area (Å²) in [5, 5.41) is 15.3. The minimum absolute atomic E-state index is 0.204. The van der Waals surface area contributed by atoms with Crippen molar-refractivity contribution in [3.63, 3.8) is 0 Å². The van der Waals surface area contributed by atoms with Crippen LogP contribution in [0.1, 0.15) is 35.6 Å². The van der Waals surface area contributed by atoms with E-state index in [2.05, 4.69) is 32.7 Å². The van der Waals surface area contributed by atoms with Crippen molar-refractivity contribution >= 4 is 28.1 Å².